The van der Waals surface area contributed by atoms with Crippen LogP contribution in [0.3, 0.4) is 0 Å². The van der Waals surface area contributed by atoms with Gasteiger partial charge < -0.3 is 14.6 Å². The summed E-state index contributed by atoms with van der Waals surface area (Å²) in [5.74, 6) is 0.377. The Bertz CT molecular complexity index is 404. The topological polar surface area (TPSA) is 80.2 Å². The van der Waals surface area contributed by atoms with Gasteiger partial charge in [-0.2, -0.15) is 5.10 Å². The van der Waals surface area contributed by atoms with Crippen molar-refractivity contribution in [3.8, 4) is 11.5 Å². The Labute approximate surface area is 92.5 Å². The van der Waals surface area contributed by atoms with Crippen LogP contribution in [0.5, 0.6) is 11.5 Å². The second-order valence-electron chi connectivity index (χ2n) is 2.79. The van der Waals surface area contributed by atoms with Crippen LogP contribution in [0.2, 0.25) is 0 Å². The fourth-order valence-corrected chi connectivity index (χ4v) is 0.980. The van der Waals surface area contributed by atoms with E-state index >= 15 is 0 Å². The standard InChI is InChI=1S/C10H12N2O4/c1-15-9-5-7(3-4-8(9)13)6-11-12-10(14)16-2/h3-6,13H,1-2H3,(H,12,14). The smallest absolute Gasteiger partial charge is 0.427 e. The second kappa shape index (κ2) is 5.59. The minimum atomic E-state index is -0.651. The molecule has 1 rings (SSSR count). The van der Waals surface area contributed by atoms with E-state index in [0.29, 0.717) is 11.3 Å². The van der Waals surface area contributed by atoms with Gasteiger partial charge in [0.25, 0.3) is 0 Å². The van der Waals surface area contributed by atoms with Gasteiger partial charge in [-0.1, -0.05) is 0 Å². The highest BCUT2D eigenvalue weighted by molar-refractivity contribution is 5.81. The van der Waals surface area contributed by atoms with E-state index in [1.54, 1.807) is 12.1 Å². The van der Waals surface area contributed by atoms with Crippen LogP contribution in [-0.4, -0.2) is 31.6 Å². The van der Waals surface area contributed by atoms with Gasteiger partial charge in [0, 0.05) is 0 Å². The van der Waals surface area contributed by atoms with E-state index in [1.165, 1.54) is 26.5 Å². The Balaban J connectivity index is 2.70. The monoisotopic (exact) mass is 224 g/mol. The Morgan fingerprint density at radius 2 is 2.25 bits per heavy atom. The molecular formula is C10H12N2O4. The number of amides is 1. The first-order valence-corrected chi connectivity index (χ1v) is 4.41. The van der Waals surface area contributed by atoms with E-state index in [9.17, 15) is 9.90 Å². The molecule has 0 saturated heterocycles. The highest BCUT2D eigenvalue weighted by atomic mass is 16.5. The van der Waals surface area contributed by atoms with Crippen LogP contribution in [0.4, 0.5) is 4.79 Å². The number of nitrogens with zero attached hydrogens (tertiary/aromatic N) is 1. The van der Waals surface area contributed by atoms with Crippen molar-refractivity contribution in [2.24, 2.45) is 5.10 Å². The van der Waals surface area contributed by atoms with Gasteiger partial charge in [0.05, 0.1) is 20.4 Å². The van der Waals surface area contributed by atoms with Crippen LogP contribution >= 0.6 is 0 Å². The summed E-state index contributed by atoms with van der Waals surface area (Å²) >= 11 is 0. The predicted octanol–water partition coefficient (Wildman–Crippen LogP) is 1.09. The molecule has 16 heavy (non-hydrogen) atoms. The van der Waals surface area contributed by atoms with Gasteiger partial charge in [0.15, 0.2) is 11.5 Å². The average molecular weight is 224 g/mol. The predicted molar refractivity (Wildman–Crippen MR) is 57.8 cm³/mol. The van der Waals surface area contributed by atoms with Crippen LogP contribution < -0.4 is 10.2 Å². The molecule has 0 heterocycles. The van der Waals surface area contributed by atoms with Gasteiger partial charge >= 0.3 is 6.09 Å². The molecule has 0 aromatic heterocycles. The number of carbonyl (C=O) groups is 1. The first-order chi connectivity index (χ1) is 7.67. The van der Waals surface area contributed by atoms with E-state index in [-0.39, 0.29) is 5.75 Å². The molecule has 1 aromatic carbocycles. The van der Waals surface area contributed by atoms with E-state index in [4.69, 9.17) is 4.74 Å². The normalized spacial score (nSPS) is 10.1. The highest BCUT2D eigenvalue weighted by Crippen LogP contribution is 2.25. The molecule has 0 saturated carbocycles. The summed E-state index contributed by atoms with van der Waals surface area (Å²) in [4.78, 5) is 10.7. The number of hydrazone groups is 1. The van der Waals surface area contributed by atoms with E-state index in [2.05, 4.69) is 15.3 Å². The number of ether oxygens (including phenoxy) is 2. The SMILES string of the molecule is COC(=O)NN=Cc1ccc(O)c(OC)c1. The maximum absolute atomic E-state index is 10.7. The average Bonchev–Trinajstić information content (AvgIpc) is 2.31. The van der Waals surface area contributed by atoms with Crippen molar-refractivity contribution in [2.45, 2.75) is 0 Å². The lowest BCUT2D eigenvalue weighted by atomic mass is 10.2. The molecule has 1 aromatic rings. The van der Waals surface area contributed by atoms with Gasteiger partial charge in [-0.15, -0.1) is 0 Å². The van der Waals surface area contributed by atoms with Crippen molar-refractivity contribution in [1.82, 2.24) is 5.43 Å². The first-order valence-electron chi connectivity index (χ1n) is 4.41. The minimum absolute atomic E-state index is 0.0422. The Morgan fingerprint density at radius 1 is 1.50 bits per heavy atom. The van der Waals surface area contributed by atoms with Gasteiger partial charge in [-0.25, -0.2) is 10.2 Å². The molecule has 6 nitrogen and oxygen atoms in total. The summed E-state index contributed by atoms with van der Waals surface area (Å²) in [6, 6.07) is 4.68. The minimum Gasteiger partial charge on any atom is -0.504 e. The van der Waals surface area contributed by atoms with Crippen LogP contribution in [0, 0.1) is 0 Å². The molecule has 0 unspecified atom stereocenters. The van der Waals surface area contributed by atoms with E-state index in [0.717, 1.165) is 0 Å². The van der Waals surface area contributed by atoms with Crippen molar-refractivity contribution in [2.75, 3.05) is 14.2 Å². The molecule has 0 spiro atoms. The zero-order valence-corrected chi connectivity index (χ0v) is 8.93. The van der Waals surface area contributed by atoms with Gasteiger partial charge in [-0.3, -0.25) is 0 Å². The summed E-state index contributed by atoms with van der Waals surface area (Å²) in [6.45, 7) is 0. The lowest BCUT2D eigenvalue weighted by Crippen LogP contribution is -2.16. The lowest BCUT2D eigenvalue weighted by Gasteiger charge is -2.03. The zero-order chi connectivity index (χ0) is 12.0. The van der Waals surface area contributed by atoms with Crippen LogP contribution in [0.1, 0.15) is 5.56 Å². The van der Waals surface area contributed by atoms with Crippen molar-refractivity contribution in [3.63, 3.8) is 0 Å². The molecule has 86 valence electrons. The fourth-order valence-electron chi connectivity index (χ4n) is 0.980. The number of carbonyl (C=O) groups excluding carboxylic acids is 1. The molecule has 0 atom stereocenters. The molecule has 0 aliphatic carbocycles. The number of rotatable bonds is 3. The molecule has 0 aliphatic rings. The second-order valence-corrected chi connectivity index (χ2v) is 2.79. The number of aromatic hydroxyl groups is 1. The van der Waals surface area contributed by atoms with Gasteiger partial charge in [-0.05, 0) is 23.8 Å². The number of phenolic OH excluding ortho intramolecular Hbond substituents is 1. The maximum Gasteiger partial charge on any atom is 0.427 e. The summed E-state index contributed by atoms with van der Waals surface area (Å²) in [5, 5.41) is 13.0. The summed E-state index contributed by atoms with van der Waals surface area (Å²) < 4.78 is 9.23. The molecule has 0 radical (unpaired) electrons. The third kappa shape index (κ3) is 3.16. The third-order valence-electron chi connectivity index (χ3n) is 1.76. The van der Waals surface area contributed by atoms with Gasteiger partial charge in [0.1, 0.15) is 0 Å². The van der Waals surface area contributed by atoms with E-state index in [1.807, 2.05) is 0 Å². The van der Waals surface area contributed by atoms with Crippen LogP contribution in [-0.2, 0) is 4.74 Å². The highest BCUT2D eigenvalue weighted by Gasteiger charge is 2.00. The summed E-state index contributed by atoms with van der Waals surface area (Å²) in [6.07, 6.45) is 0.751. The van der Waals surface area contributed by atoms with Gasteiger partial charge in [0.2, 0.25) is 0 Å². The lowest BCUT2D eigenvalue weighted by molar-refractivity contribution is 0.171. The Kier molecular flexibility index (Phi) is 4.14. The van der Waals surface area contributed by atoms with Crippen LogP contribution in [0.15, 0.2) is 23.3 Å². The van der Waals surface area contributed by atoms with Crippen molar-refractivity contribution in [1.29, 1.82) is 0 Å². The number of benzene rings is 1. The fraction of sp³-hybridized carbons (Fsp3) is 0.200. The Hall–Kier alpha value is -2.24. The zero-order valence-electron chi connectivity index (χ0n) is 8.93. The maximum atomic E-state index is 10.7. The molecule has 0 fully saturated rings. The molecule has 0 aliphatic heterocycles. The largest absolute Gasteiger partial charge is 0.504 e. The summed E-state index contributed by atoms with van der Waals surface area (Å²) in [5.41, 5.74) is 2.81. The number of hydrogen-bond acceptors (Lipinski definition) is 5. The van der Waals surface area contributed by atoms with Crippen molar-refractivity contribution < 1.29 is 19.4 Å². The molecule has 0 bridgehead atoms. The summed E-state index contributed by atoms with van der Waals surface area (Å²) in [7, 11) is 2.69. The first kappa shape index (κ1) is 11.8. The number of methoxy groups -OCH3 is 2. The Morgan fingerprint density at radius 3 is 2.88 bits per heavy atom. The number of nitrogens with one attached hydrogen (secondary N) is 1. The molecular weight excluding hydrogens is 212 g/mol. The third-order valence-corrected chi connectivity index (χ3v) is 1.76. The van der Waals surface area contributed by atoms with E-state index < -0.39 is 6.09 Å². The van der Waals surface area contributed by atoms with Crippen LogP contribution in [0.25, 0.3) is 0 Å². The molecule has 1 amide bonds. The number of hydrogen-bond donors (Lipinski definition) is 2. The quantitative estimate of drug-likeness (QED) is 0.595. The van der Waals surface area contributed by atoms with Crippen molar-refractivity contribution >= 4 is 12.3 Å². The molecule has 6 heteroatoms. The molecule has 2 N–H and O–H groups in total. The van der Waals surface area contributed by atoms with Crippen molar-refractivity contribution in [3.05, 3.63) is 23.8 Å². The number of phenols is 1.